The predicted molar refractivity (Wildman–Crippen MR) is 101 cm³/mol. The Hall–Kier alpha value is -3.03. The highest BCUT2D eigenvalue weighted by Gasteiger charge is 2.43. The Morgan fingerprint density at radius 2 is 2.07 bits per heavy atom. The van der Waals surface area contributed by atoms with Crippen LogP contribution >= 0.6 is 0 Å². The van der Waals surface area contributed by atoms with E-state index in [4.69, 9.17) is 4.74 Å². The molecule has 28 heavy (non-hydrogen) atoms. The number of Topliss-reactive ketones (excluding diaryl/α,β-unsaturated/α-hetero) is 1. The van der Waals surface area contributed by atoms with Crippen LogP contribution in [0.5, 0.6) is 5.75 Å². The number of hydrogen-bond acceptors (Lipinski definition) is 7. The van der Waals surface area contributed by atoms with Crippen LogP contribution in [0.25, 0.3) is 0 Å². The Morgan fingerprint density at radius 1 is 1.36 bits per heavy atom. The zero-order valence-electron chi connectivity index (χ0n) is 16.0. The first-order valence-corrected chi connectivity index (χ1v) is 9.20. The van der Waals surface area contributed by atoms with E-state index in [1.54, 1.807) is 20.8 Å². The molecule has 1 aliphatic heterocycles. The lowest BCUT2D eigenvalue weighted by Crippen LogP contribution is -2.38. The average Bonchev–Trinajstić information content (AvgIpc) is 2.60. The van der Waals surface area contributed by atoms with E-state index in [2.05, 4.69) is 4.99 Å². The van der Waals surface area contributed by atoms with E-state index in [1.165, 1.54) is 18.2 Å². The minimum Gasteiger partial charge on any atom is -0.502 e. The van der Waals surface area contributed by atoms with Crippen LogP contribution in [0.2, 0.25) is 0 Å². The van der Waals surface area contributed by atoms with Crippen molar-refractivity contribution in [2.75, 3.05) is 0 Å². The lowest BCUT2D eigenvalue weighted by Gasteiger charge is -2.34. The van der Waals surface area contributed by atoms with Gasteiger partial charge in [0.15, 0.2) is 11.5 Å². The second-order valence-corrected chi connectivity index (χ2v) is 7.34. The zero-order valence-corrected chi connectivity index (χ0v) is 16.0. The molecule has 0 radical (unpaired) electrons. The smallest absolute Gasteiger partial charge is 0.315 e. The fraction of sp³-hybridized carbons (Fsp3) is 0.450. The summed E-state index contributed by atoms with van der Waals surface area (Å²) in [6, 6.07) is 3.95. The van der Waals surface area contributed by atoms with Gasteiger partial charge in [-0.05, 0) is 45.2 Å². The molecule has 1 aromatic carbocycles. The number of aliphatic imine (C=N–C) groups is 1. The number of esters is 1. The number of allylic oxidation sites excluding steroid dienone is 2. The molecule has 0 spiro atoms. The predicted octanol–water partition coefficient (Wildman–Crippen LogP) is 3.43. The number of ether oxygens (including phenoxy) is 1. The molecule has 0 saturated carbocycles. The van der Waals surface area contributed by atoms with Crippen LogP contribution in [-0.2, 0) is 14.3 Å². The molecule has 148 valence electrons. The van der Waals surface area contributed by atoms with E-state index in [1.807, 2.05) is 0 Å². The topological polar surface area (TPSA) is 119 Å². The normalized spacial score (nSPS) is 22.0. The van der Waals surface area contributed by atoms with Crippen LogP contribution in [0.1, 0.15) is 51.5 Å². The number of hydrogen-bond donors (Lipinski definition) is 1. The van der Waals surface area contributed by atoms with Crippen LogP contribution in [0, 0.1) is 16.0 Å². The van der Waals surface area contributed by atoms with Gasteiger partial charge in [-0.15, -0.1) is 0 Å². The summed E-state index contributed by atoms with van der Waals surface area (Å²) in [7, 11) is 0. The van der Waals surface area contributed by atoms with Gasteiger partial charge in [0, 0.05) is 35.4 Å². The fourth-order valence-electron chi connectivity index (χ4n) is 3.86. The standard InChI is InChI=1S/C20H22N2O6/c1-10(2)28-20(25)17-11(3)21-13-5-4-6-16(24)19(13)18(17)12-7-8-15(23)14(9-12)22(26)27/h7-10,17-18,23H,4-6H2,1-3H3/t17?,18-/m0/s1. The van der Waals surface area contributed by atoms with Gasteiger partial charge in [0.05, 0.1) is 11.0 Å². The fourth-order valence-corrected chi connectivity index (χ4v) is 3.86. The van der Waals surface area contributed by atoms with Crippen LogP contribution in [-0.4, -0.2) is 33.6 Å². The molecular formula is C20H22N2O6. The lowest BCUT2D eigenvalue weighted by molar-refractivity contribution is -0.385. The molecule has 0 bridgehead atoms. The molecule has 1 aromatic rings. The molecule has 2 atom stereocenters. The van der Waals surface area contributed by atoms with Crippen molar-refractivity contribution in [3.05, 3.63) is 45.1 Å². The summed E-state index contributed by atoms with van der Waals surface area (Å²) in [4.78, 5) is 40.7. The van der Waals surface area contributed by atoms with Gasteiger partial charge in [0.25, 0.3) is 0 Å². The maximum Gasteiger partial charge on any atom is 0.315 e. The van der Waals surface area contributed by atoms with E-state index >= 15 is 0 Å². The molecule has 1 unspecified atom stereocenters. The summed E-state index contributed by atoms with van der Waals surface area (Å²) in [6.45, 7) is 5.16. The van der Waals surface area contributed by atoms with Gasteiger partial charge in [-0.25, -0.2) is 0 Å². The number of aromatic hydroxyl groups is 1. The third-order valence-electron chi connectivity index (χ3n) is 5.00. The minimum absolute atomic E-state index is 0.111. The Bertz CT molecular complexity index is 915. The summed E-state index contributed by atoms with van der Waals surface area (Å²) in [6.07, 6.45) is 1.28. The van der Waals surface area contributed by atoms with Crippen molar-refractivity contribution in [1.29, 1.82) is 0 Å². The molecule has 3 rings (SSSR count). The number of phenolic OH excluding ortho intramolecular Hbond substituents is 1. The number of nitrogens with zero attached hydrogens (tertiary/aromatic N) is 2. The zero-order chi connectivity index (χ0) is 20.6. The van der Waals surface area contributed by atoms with Crippen LogP contribution in [0.15, 0.2) is 34.5 Å². The highest BCUT2D eigenvalue weighted by atomic mass is 16.6. The van der Waals surface area contributed by atoms with Gasteiger partial charge in [-0.2, -0.15) is 0 Å². The molecule has 2 aliphatic rings. The van der Waals surface area contributed by atoms with E-state index in [-0.39, 0.29) is 11.9 Å². The first-order chi connectivity index (χ1) is 13.2. The first kappa shape index (κ1) is 19.7. The number of carbonyl (C=O) groups is 2. The third-order valence-corrected chi connectivity index (χ3v) is 5.00. The molecule has 0 fully saturated rings. The Balaban J connectivity index is 2.18. The monoisotopic (exact) mass is 386 g/mol. The van der Waals surface area contributed by atoms with E-state index in [0.717, 1.165) is 0 Å². The van der Waals surface area contributed by atoms with Gasteiger partial charge < -0.3 is 9.84 Å². The highest BCUT2D eigenvalue weighted by Crippen LogP contribution is 2.45. The third kappa shape index (κ3) is 3.54. The molecule has 8 heteroatoms. The Morgan fingerprint density at radius 3 is 2.71 bits per heavy atom. The second-order valence-electron chi connectivity index (χ2n) is 7.34. The van der Waals surface area contributed by atoms with Crippen LogP contribution in [0.3, 0.4) is 0 Å². The number of carbonyl (C=O) groups excluding carboxylic acids is 2. The van der Waals surface area contributed by atoms with Crippen molar-refractivity contribution in [3.63, 3.8) is 0 Å². The summed E-state index contributed by atoms with van der Waals surface area (Å²) in [5.74, 6) is -2.69. The van der Waals surface area contributed by atoms with Gasteiger partial charge in [-0.1, -0.05) is 6.07 Å². The van der Waals surface area contributed by atoms with Crippen molar-refractivity contribution < 1.29 is 24.4 Å². The van der Waals surface area contributed by atoms with E-state index in [9.17, 15) is 24.8 Å². The van der Waals surface area contributed by atoms with Crippen LogP contribution < -0.4 is 0 Å². The number of nitro benzene ring substituents is 1. The lowest BCUT2D eigenvalue weighted by atomic mass is 9.71. The molecule has 1 heterocycles. The summed E-state index contributed by atoms with van der Waals surface area (Å²) < 4.78 is 5.39. The van der Waals surface area contributed by atoms with Gasteiger partial charge in [0.1, 0.15) is 5.92 Å². The van der Waals surface area contributed by atoms with Crippen molar-refractivity contribution >= 4 is 23.2 Å². The summed E-state index contributed by atoms with van der Waals surface area (Å²) in [5.41, 5.74) is 1.50. The number of phenols is 1. The maximum atomic E-state index is 12.8. The summed E-state index contributed by atoms with van der Waals surface area (Å²) >= 11 is 0. The molecule has 0 aromatic heterocycles. The average molecular weight is 386 g/mol. The second kappa shape index (κ2) is 7.53. The van der Waals surface area contributed by atoms with Crippen molar-refractivity contribution in [2.24, 2.45) is 10.9 Å². The molecule has 1 N–H and O–H groups in total. The largest absolute Gasteiger partial charge is 0.502 e. The van der Waals surface area contributed by atoms with Gasteiger partial charge >= 0.3 is 11.7 Å². The molecule has 0 saturated heterocycles. The number of rotatable bonds is 4. The number of ketones is 1. The van der Waals surface area contributed by atoms with Crippen molar-refractivity contribution in [3.8, 4) is 5.75 Å². The van der Waals surface area contributed by atoms with Gasteiger partial charge in [0.2, 0.25) is 0 Å². The Labute approximate surface area is 162 Å². The first-order valence-electron chi connectivity index (χ1n) is 9.20. The highest BCUT2D eigenvalue weighted by molar-refractivity contribution is 6.08. The van der Waals surface area contributed by atoms with Crippen molar-refractivity contribution in [1.82, 2.24) is 0 Å². The van der Waals surface area contributed by atoms with Gasteiger partial charge in [-0.3, -0.25) is 24.7 Å². The maximum absolute atomic E-state index is 12.8. The molecule has 8 nitrogen and oxygen atoms in total. The van der Waals surface area contributed by atoms with Crippen LogP contribution in [0.4, 0.5) is 5.69 Å². The minimum atomic E-state index is -0.854. The molecular weight excluding hydrogens is 364 g/mol. The molecule has 1 aliphatic carbocycles. The van der Waals surface area contributed by atoms with E-state index in [0.29, 0.717) is 41.8 Å². The SMILES string of the molecule is CC1=NC2=C(C(=O)CCC2)[C@@H](c2ccc(O)c([N+](=O)[O-])c2)C1C(=O)OC(C)C. The van der Waals surface area contributed by atoms with Crippen molar-refractivity contribution in [2.45, 2.75) is 52.1 Å². The number of nitro groups is 1. The summed E-state index contributed by atoms with van der Waals surface area (Å²) in [5, 5.41) is 21.1. The van der Waals surface area contributed by atoms with E-state index < -0.39 is 34.2 Å². The quantitative estimate of drug-likeness (QED) is 0.481. The Kier molecular flexibility index (Phi) is 5.31. The number of benzene rings is 1. The molecule has 0 amide bonds.